The molecule has 0 bridgehead atoms. The lowest BCUT2D eigenvalue weighted by Crippen LogP contribution is -2.30. The van der Waals surface area contributed by atoms with Crippen molar-refractivity contribution in [1.29, 1.82) is 0 Å². The van der Waals surface area contributed by atoms with Crippen molar-refractivity contribution in [2.75, 3.05) is 0 Å². The van der Waals surface area contributed by atoms with Gasteiger partial charge in [-0.1, -0.05) is 0 Å². The van der Waals surface area contributed by atoms with Crippen molar-refractivity contribution in [3.8, 4) is 0 Å². The normalized spacial score (nSPS) is 11.2. The minimum absolute atomic E-state index is 0.252. The molecule has 0 radical (unpaired) electrons. The van der Waals surface area contributed by atoms with E-state index in [9.17, 15) is 9.59 Å². The molecule has 2 rings (SSSR count). The van der Waals surface area contributed by atoms with Gasteiger partial charge in [0, 0.05) is 0 Å². The van der Waals surface area contributed by atoms with Gasteiger partial charge in [-0.2, -0.15) is 0 Å². The number of aldehydes is 2. The Bertz CT molecular complexity index is 395. The molecule has 0 fully saturated rings. The molecule has 0 saturated heterocycles. The molecule has 0 aliphatic rings. The van der Waals surface area contributed by atoms with Crippen LogP contribution in [0.25, 0.3) is 0 Å². The van der Waals surface area contributed by atoms with Gasteiger partial charge in [-0.15, -0.1) is 0 Å². The Kier molecular flexibility index (Phi) is 2.25. The molecule has 0 amide bonds. The van der Waals surface area contributed by atoms with Crippen molar-refractivity contribution in [3.05, 3.63) is 48.3 Å². The number of carbonyl (C=O) groups is 2. The smallest absolute Gasteiger partial charge is 0.196 e. The third-order valence-electron chi connectivity index (χ3n) is 2.23. The van der Waals surface area contributed by atoms with Crippen molar-refractivity contribution in [2.45, 2.75) is 5.41 Å². The molecule has 0 saturated carbocycles. The molecule has 0 aromatic carbocycles. The maximum Gasteiger partial charge on any atom is 0.196 e. The van der Waals surface area contributed by atoms with Crippen LogP contribution in [0, 0.1) is 0 Å². The fourth-order valence-electron chi connectivity index (χ4n) is 1.41. The van der Waals surface area contributed by atoms with E-state index in [1.165, 1.54) is 12.5 Å². The maximum atomic E-state index is 11.1. The molecule has 0 unspecified atom stereocenters. The second-order valence-corrected chi connectivity index (χ2v) is 3.06. The molecule has 4 nitrogen and oxygen atoms in total. The van der Waals surface area contributed by atoms with Crippen molar-refractivity contribution < 1.29 is 18.4 Å². The summed E-state index contributed by atoms with van der Waals surface area (Å²) in [5.74, 6) is 0.505. The molecular formula is C11H8O4. The van der Waals surface area contributed by atoms with Crippen LogP contribution in [0.5, 0.6) is 0 Å². The average molecular weight is 204 g/mol. The molecule has 0 aliphatic carbocycles. The number of hydrogen-bond acceptors (Lipinski definition) is 4. The summed E-state index contributed by atoms with van der Waals surface area (Å²) in [7, 11) is 0. The van der Waals surface area contributed by atoms with E-state index in [1.807, 2.05) is 0 Å². The molecule has 2 aromatic rings. The predicted molar refractivity (Wildman–Crippen MR) is 50.3 cm³/mol. The van der Waals surface area contributed by atoms with E-state index < -0.39 is 5.41 Å². The molecule has 2 heterocycles. The van der Waals surface area contributed by atoms with E-state index in [2.05, 4.69) is 0 Å². The lowest BCUT2D eigenvalue weighted by Gasteiger charge is -2.15. The number of carbonyl (C=O) groups excluding carboxylic acids is 2. The largest absolute Gasteiger partial charge is 0.467 e. The lowest BCUT2D eigenvalue weighted by molar-refractivity contribution is -0.120. The molecule has 76 valence electrons. The summed E-state index contributed by atoms with van der Waals surface area (Å²) in [5.41, 5.74) is -1.47. The van der Waals surface area contributed by atoms with Crippen molar-refractivity contribution in [3.63, 3.8) is 0 Å². The Hall–Kier alpha value is -2.10. The van der Waals surface area contributed by atoms with Crippen LogP contribution in [0.1, 0.15) is 11.5 Å². The van der Waals surface area contributed by atoms with Crippen LogP contribution in [0.15, 0.2) is 45.6 Å². The topological polar surface area (TPSA) is 60.4 Å². The Morgan fingerprint density at radius 3 is 1.67 bits per heavy atom. The first-order chi connectivity index (χ1) is 7.33. The lowest BCUT2D eigenvalue weighted by atomic mass is 9.86. The quantitative estimate of drug-likeness (QED) is 0.560. The standard InChI is InChI=1S/C11H8O4/c12-7-11(8-13,9-3-1-5-14-9)10-4-2-6-15-10/h1-8H. The highest BCUT2D eigenvalue weighted by Gasteiger charge is 2.39. The minimum atomic E-state index is -1.47. The highest BCUT2D eigenvalue weighted by Crippen LogP contribution is 2.29. The van der Waals surface area contributed by atoms with Gasteiger partial charge in [0.1, 0.15) is 24.1 Å². The third-order valence-corrected chi connectivity index (χ3v) is 2.23. The highest BCUT2D eigenvalue weighted by molar-refractivity contribution is 5.94. The van der Waals surface area contributed by atoms with Crippen molar-refractivity contribution in [1.82, 2.24) is 0 Å². The molecule has 0 atom stereocenters. The number of furan rings is 2. The zero-order valence-electron chi connectivity index (χ0n) is 7.75. The fourth-order valence-corrected chi connectivity index (χ4v) is 1.41. The second-order valence-electron chi connectivity index (χ2n) is 3.06. The van der Waals surface area contributed by atoms with Gasteiger partial charge in [-0.05, 0) is 24.3 Å². The van der Waals surface area contributed by atoms with Gasteiger partial charge < -0.3 is 18.4 Å². The Balaban J connectivity index is 2.60. The van der Waals surface area contributed by atoms with E-state index >= 15 is 0 Å². The van der Waals surface area contributed by atoms with Gasteiger partial charge in [0.15, 0.2) is 5.41 Å². The molecule has 0 aliphatic heterocycles. The van der Waals surface area contributed by atoms with Crippen LogP contribution in [-0.4, -0.2) is 12.6 Å². The first-order valence-electron chi connectivity index (χ1n) is 4.34. The third kappa shape index (κ3) is 1.30. The van der Waals surface area contributed by atoms with Gasteiger partial charge in [-0.25, -0.2) is 0 Å². The summed E-state index contributed by atoms with van der Waals surface area (Å²) in [5, 5.41) is 0. The second kappa shape index (κ2) is 3.57. The Labute approximate surface area is 85.5 Å². The van der Waals surface area contributed by atoms with E-state index in [1.54, 1.807) is 24.3 Å². The van der Waals surface area contributed by atoms with Crippen LogP contribution in [0.2, 0.25) is 0 Å². The summed E-state index contributed by atoms with van der Waals surface area (Å²) in [4.78, 5) is 22.2. The van der Waals surface area contributed by atoms with Gasteiger partial charge in [0.05, 0.1) is 12.5 Å². The minimum Gasteiger partial charge on any atom is -0.467 e. The highest BCUT2D eigenvalue weighted by atomic mass is 16.3. The Morgan fingerprint density at radius 2 is 1.40 bits per heavy atom. The van der Waals surface area contributed by atoms with Crippen LogP contribution in [-0.2, 0) is 15.0 Å². The van der Waals surface area contributed by atoms with E-state index in [4.69, 9.17) is 8.83 Å². The predicted octanol–water partition coefficient (Wildman–Crippen LogP) is 1.56. The molecule has 15 heavy (non-hydrogen) atoms. The summed E-state index contributed by atoms with van der Waals surface area (Å²) in [6, 6.07) is 6.34. The summed E-state index contributed by atoms with van der Waals surface area (Å²) in [6.07, 6.45) is 3.83. The summed E-state index contributed by atoms with van der Waals surface area (Å²) >= 11 is 0. The molecule has 0 N–H and O–H groups in total. The maximum absolute atomic E-state index is 11.1. The monoisotopic (exact) mass is 204 g/mol. The van der Waals surface area contributed by atoms with Crippen LogP contribution < -0.4 is 0 Å². The number of rotatable bonds is 4. The SMILES string of the molecule is O=CC(C=O)(c1ccco1)c1ccco1. The molecular weight excluding hydrogens is 196 g/mol. The first kappa shape index (κ1) is 9.45. The van der Waals surface area contributed by atoms with E-state index in [-0.39, 0.29) is 11.5 Å². The zero-order valence-corrected chi connectivity index (χ0v) is 7.75. The Morgan fingerprint density at radius 1 is 0.933 bits per heavy atom. The van der Waals surface area contributed by atoms with Crippen molar-refractivity contribution in [2.24, 2.45) is 0 Å². The van der Waals surface area contributed by atoms with Crippen LogP contribution >= 0.6 is 0 Å². The average Bonchev–Trinajstić information content (AvgIpc) is 2.92. The van der Waals surface area contributed by atoms with E-state index in [0.717, 1.165) is 0 Å². The first-order valence-corrected chi connectivity index (χ1v) is 4.34. The van der Waals surface area contributed by atoms with Gasteiger partial charge in [0.2, 0.25) is 0 Å². The fraction of sp³-hybridized carbons (Fsp3) is 0.0909. The van der Waals surface area contributed by atoms with Crippen LogP contribution in [0.4, 0.5) is 0 Å². The molecule has 0 spiro atoms. The van der Waals surface area contributed by atoms with Gasteiger partial charge in [-0.3, -0.25) is 0 Å². The van der Waals surface area contributed by atoms with E-state index in [0.29, 0.717) is 12.6 Å². The summed E-state index contributed by atoms with van der Waals surface area (Å²) in [6.45, 7) is 0. The molecule has 2 aromatic heterocycles. The van der Waals surface area contributed by atoms with Crippen molar-refractivity contribution >= 4 is 12.6 Å². The van der Waals surface area contributed by atoms with Gasteiger partial charge in [0.25, 0.3) is 0 Å². The van der Waals surface area contributed by atoms with Crippen LogP contribution in [0.3, 0.4) is 0 Å². The summed E-state index contributed by atoms with van der Waals surface area (Å²) < 4.78 is 10.2. The van der Waals surface area contributed by atoms with Gasteiger partial charge >= 0.3 is 0 Å². The number of hydrogen-bond donors (Lipinski definition) is 0. The molecule has 4 heteroatoms. The zero-order chi connectivity index (χ0) is 10.7.